The van der Waals surface area contributed by atoms with Gasteiger partial charge in [-0.2, -0.15) is 13.2 Å². The fourth-order valence-electron chi connectivity index (χ4n) is 1.90. The monoisotopic (exact) mass is 407 g/mol. The highest BCUT2D eigenvalue weighted by atomic mass is 79.9. The third-order valence-electron chi connectivity index (χ3n) is 3.31. The maximum atomic E-state index is 12.9. The van der Waals surface area contributed by atoms with Crippen LogP contribution in [0.2, 0.25) is 0 Å². The van der Waals surface area contributed by atoms with Crippen LogP contribution in [0.1, 0.15) is 16.7 Å². The molecule has 0 radical (unpaired) electrons. The van der Waals surface area contributed by atoms with Crippen LogP contribution in [0.25, 0.3) is 0 Å². The van der Waals surface area contributed by atoms with Gasteiger partial charge >= 0.3 is 6.18 Å². The van der Waals surface area contributed by atoms with E-state index >= 15 is 0 Å². The Labute approximate surface area is 140 Å². The van der Waals surface area contributed by atoms with Gasteiger partial charge in [0.1, 0.15) is 0 Å². The lowest BCUT2D eigenvalue weighted by atomic mass is 10.1. The van der Waals surface area contributed by atoms with Gasteiger partial charge in [-0.3, -0.25) is 4.72 Å². The topological polar surface area (TPSA) is 46.2 Å². The van der Waals surface area contributed by atoms with Crippen molar-refractivity contribution in [1.29, 1.82) is 0 Å². The maximum Gasteiger partial charge on any atom is 0.417 e. The van der Waals surface area contributed by atoms with Crippen LogP contribution < -0.4 is 4.72 Å². The Bertz CT molecular complexity index is 848. The third-order valence-corrected chi connectivity index (χ3v) is 5.38. The molecule has 0 spiro atoms. The molecule has 2 aromatic rings. The predicted octanol–water partition coefficient (Wildman–Crippen LogP) is 4.89. The second-order valence-corrected chi connectivity index (χ2v) is 7.58. The van der Waals surface area contributed by atoms with Crippen LogP contribution in [0, 0.1) is 13.8 Å². The van der Waals surface area contributed by atoms with Gasteiger partial charge in [-0.25, -0.2) is 8.42 Å². The summed E-state index contributed by atoms with van der Waals surface area (Å²) in [5.41, 5.74) is 0.600. The first kappa shape index (κ1) is 17.8. The summed E-state index contributed by atoms with van der Waals surface area (Å²) >= 11 is 2.81. The number of sulfonamides is 1. The Morgan fingerprint density at radius 1 is 1.00 bits per heavy atom. The molecule has 2 aromatic carbocycles. The van der Waals surface area contributed by atoms with Crippen LogP contribution in [-0.4, -0.2) is 8.42 Å². The number of rotatable bonds is 3. The highest BCUT2D eigenvalue weighted by Gasteiger charge is 2.33. The SMILES string of the molecule is Cc1ccc(S(=O)(=O)Nc2ccc(Br)c(C(F)(F)F)c2)cc1C. The van der Waals surface area contributed by atoms with Gasteiger partial charge in [0.2, 0.25) is 0 Å². The summed E-state index contributed by atoms with van der Waals surface area (Å²) in [5.74, 6) is 0. The quantitative estimate of drug-likeness (QED) is 0.787. The molecule has 0 aliphatic rings. The Morgan fingerprint density at radius 2 is 1.65 bits per heavy atom. The molecule has 0 aromatic heterocycles. The van der Waals surface area contributed by atoms with Crippen molar-refractivity contribution < 1.29 is 21.6 Å². The van der Waals surface area contributed by atoms with Gasteiger partial charge in [0.15, 0.2) is 0 Å². The van der Waals surface area contributed by atoms with Crippen LogP contribution in [0.5, 0.6) is 0 Å². The van der Waals surface area contributed by atoms with E-state index in [-0.39, 0.29) is 15.1 Å². The molecule has 0 unspecified atom stereocenters. The summed E-state index contributed by atoms with van der Waals surface area (Å²) in [6.45, 7) is 3.60. The van der Waals surface area contributed by atoms with E-state index in [4.69, 9.17) is 0 Å². The minimum Gasteiger partial charge on any atom is -0.280 e. The average Bonchev–Trinajstić information content (AvgIpc) is 2.42. The molecule has 0 bridgehead atoms. The first-order chi connectivity index (χ1) is 10.5. The van der Waals surface area contributed by atoms with E-state index in [1.54, 1.807) is 13.0 Å². The maximum absolute atomic E-state index is 12.9. The number of benzene rings is 2. The van der Waals surface area contributed by atoms with Crippen molar-refractivity contribution in [2.24, 2.45) is 0 Å². The second kappa shape index (κ2) is 6.16. The van der Waals surface area contributed by atoms with Crippen molar-refractivity contribution in [2.45, 2.75) is 24.9 Å². The van der Waals surface area contributed by atoms with Gasteiger partial charge in [0.25, 0.3) is 10.0 Å². The largest absolute Gasteiger partial charge is 0.417 e. The molecule has 0 amide bonds. The van der Waals surface area contributed by atoms with E-state index in [0.717, 1.165) is 23.3 Å². The summed E-state index contributed by atoms with van der Waals surface area (Å²) in [6.07, 6.45) is -4.58. The van der Waals surface area contributed by atoms with Gasteiger partial charge in [-0.05, 0) is 55.3 Å². The number of nitrogens with one attached hydrogen (secondary N) is 1. The van der Waals surface area contributed by atoms with Crippen molar-refractivity contribution in [3.8, 4) is 0 Å². The van der Waals surface area contributed by atoms with E-state index in [1.165, 1.54) is 18.2 Å². The molecule has 2 rings (SSSR count). The Kier molecular flexibility index (Phi) is 4.77. The van der Waals surface area contributed by atoms with Gasteiger partial charge in [-0.1, -0.05) is 22.0 Å². The zero-order chi connectivity index (χ0) is 17.4. The molecule has 124 valence electrons. The second-order valence-electron chi connectivity index (χ2n) is 5.04. The summed E-state index contributed by atoms with van der Waals surface area (Å²) in [6, 6.07) is 7.70. The fraction of sp³-hybridized carbons (Fsp3) is 0.200. The van der Waals surface area contributed by atoms with Crippen molar-refractivity contribution in [3.05, 3.63) is 57.6 Å². The van der Waals surface area contributed by atoms with Crippen molar-refractivity contribution in [2.75, 3.05) is 4.72 Å². The molecule has 1 N–H and O–H groups in total. The number of hydrogen-bond acceptors (Lipinski definition) is 2. The third kappa shape index (κ3) is 4.06. The van der Waals surface area contributed by atoms with E-state index in [2.05, 4.69) is 20.7 Å². The lowest BCUT2D eigenvalue weighted by molar-refractivity contribution is -0.138. The van der Waals surface area contributed by atoms with Crippen LogP contribution in [0.4, 0.5) is 18.9 Å². The molecule has 0 aliphatic carbocycles. The fourth-order valence-corrected chi connectivity index (χ4v) is 3.51. The van der Waals surface area contributed by atoms with E-state index in [1.807, 2.05) is 6.92 Å². The normalized spacial score (nSPS) is 12.3. The first-order valence-electron chi connectivity index (χ1n) is 6.47. The molecule has 8 heteroatoms. The predicted molar refractivity (Wildman–Crippen MR) is 85.9 cm³/mol. The summed E-state index contributed by atoms with van der Waals surface area (Å²) in [5, 5.41) is 0. The first-order valence-corrected chi connectivity index (χ1v) is 8.75. The van der Waals surface area contributed by atoms with Gasteiger partial charge in [0, 0.05) is 10.2 Å². The van der Waals surface area contributed by atoms with Gasteiger partial charge < -0.3 is 0 Å². The average molecular weight is 408 g/mol. The van der Waals surface area contributed by atoms with E-state index in [9.17, 15) is 21.6 Å². The highest BCUT2D eigenvalue weighted by Crippen LogP contribution is 2.36. The minimum absolute atomic E-state index is 0.00271. The lowest BCUT2D eigenvalue weighted by Crippen LogP contribution is -2.14. The van der Waals surface area contributed by atoms with Crippen molar-refractivity contribution in [1.82, 2.24) is 0 Å². The van der Waals surface area contributed by atoms with Crippen LogP contribution >= 0.6 is 15.9 Å². The van der Waals surface area contributed by atoms with Crippen LogP contribution in [0.3, 0.4) is 0 Å². The number of hydrogen-bond donors (Lipinski definition) is 1. The minimum atomic E-state index is -4.58. The number of halogens is 4. The summed E-state index contributed by atoms with van der Waals surface area (Å²) < 4.78 is 65.3. The molecular formula is C15H13BrF3NO2S. The summed E-state index contributed by atoms with van der Waals surface area (Å²) in [4.78, 5) is -0.00271. The van der Waals surface area contributed by atoms with Crippen molar-refractivity contribution >= 4 is 31.6 Å². The van der Waals surface area contributed by atoms with Crippen LogP contribution in [-0.2, 0) is 16.2 Å². The molecule has 0 atom stereocenters. The number of anilines is 1. The van der Waals surface area contributed by atoms with E-state index in [0.29, 0.717) is 0 Å². The van der Waals surface area contributed by atoms with Crippen molar-refractivity contribution in [3.63, 3.8) is 0 Å². The molecule has 0 aliphatic heterocycles. The highest BCUT2D eigenvalue weighted by molar-refractivity contribution is 9.10. The van der Waals surface area contributed by atoms with Gasteiger partial charge in [-0.15, -0.1) is 0 Å². The molecule has 0 saturated carbocycles. The zero-order valence-corrected chi connectivity index (χ0v) is 14.6. The standard InChI is InChI=1S/C15H13BrF3NO2S/c1-9-3-5-12(7-10(9)2)23(21,22)20-11-4-6-14(16)13(8-11)15(17,18)19/h3-8,20H,1-2H3. The zero-order valence-electron chi connectivity index (χ0n) is 12.2. The van der Waals surface area contributed by atoms with Crippen LogP contribution in [0.15, 0.2) is 45.8 Å². The molecule has 0 fully saturated rings. The Balaban J connectivity index is 2.39. The summed E-state index contributed by atoms with van der Waals surface area (Å²) in [7, 11) is -3.96. The Morgan fingerprint density at radius 3 is 2.22 bits per heavy atom. The lowest BCUT2D eigenvalue weighted by Gasteiger charge is -2.13. The number of alkyl halides is 3. The molecule has 3 nitrogen and oxygen atoms in total. The van der Waals surface area contributed by atoms with Gasteiger partial charge in [0.05, 0.1) is 10.5 Å². The van der Waals surface area contributed by atoms with E-state index < -0.39 is 21.8 Å². The molecule has 0 saturated heterocycles. The molecule has 23 heavy (non-hydrogen) atoms. The Hall–Kier alpha value is -1.54. The molecule has 0 heterocycles. The smallest absolute Gasteiger partial charge is 0.280 e. The number of aryl methyl sites for hydroxylation is 2. The molecular weight excluding hydrogens is 395 g/mol.